The van der Waals surface area contributed by atoms with Crippen molar-refractivity contribution < 1.29 is 4.79 Å². The molecule has 2 N–H and O–H groups in total. The summed E-state index contributed by atoms with van der Waals surface area (Å²) in [5.74, 6) is 1.97. The molecule has 0 bridgehead atoms. The normalized spacial score (nSPS) is 13.1. The lowest BCUT2D eigenvalue weighted by Gasteiger charge is -2.05. The number of aromatic nitrogens is 2. The molecule has 1 aliphatic carbocycles. The van der Waals surface area contributed by atoms with Gasteiger partial charge in [-0.15, -0.1) is 11.3 Å². The molecule has 0 unspecified atom stereocenters. The third kappa shape index (κ3) is 3.68. The Labute approximate surface area is 159 Å². The first-order valence-electron chi connectivity index (χ1n) is 8.67. The van der Waals surface area contributed by atoms with Crippen LogP contribution < -0.4 is 10.9 Å². The molecule has 1 aliphatic rings. The van der Waals surface area contributed by atoms with Gasteiger partial charge in [-0.2, -0.15) is 11.8 Å². The molecule has 0 radical (unpaired) electrons. The van der Waals surface area contributed by atoms with Gasteiger partial charge in [0.05, 0.1) is 11.1 Å². The molecular weight excluding hydrogens is 366 g/mol. The molecular formula is C19H19N3O2S2. The summed E-state index contributed by atoms with van der Waals surface area (Å²) in [6.07, 6.45) is 3.62. The number of aryl methyl sites for hydroxylation is 2. The Morgan fingerprint density at radius 3 is 2.96 bits per heavy atom. The lowest BCUT2D eigenvalue weighted by atomic mass is 10.2. The molecule has 1 aromatic carbocycles. The first kappa shape index (κ1) is 17.3. The number of aromatic amines is 1. The Morgan fingerprint density at radius 2 is 2.12 bits per heavy atom. The molecule has 2 heterocycles. The first-order valence-corrected chi connectivity index (χ1v) is 10.6. The molecule has 1 amide bonds. The third-order valence-corrected chi connectivity index (χ3v) is 6.55. The average molecular weight is 386 g/mol. The first-order chi connectivity index (χ1) is 12.7. The van der Waals surface area contributed by atoms with E-state index in [4.69, 9.17) is 0 Å². The second-order valence-electron chi connectivity index (χ2n) is 6.27. The highest BCUT2D eigenvalue weighted by molar-refractivity contribution is 7.98. The number of fused-ring (bicyclic) bond motifs is 3. The largest absolute Gasteiger partial charge is 0.326 e. The molecule has 0 atom stereocenters. The molecule has 2 aromatic heterocycles. The summed E-state index contributed by atoms with van der Waals surface area (Å²) in [7, 11) is 0. The summed E-state index contributed by atoms with van der Waals surface area (Å²) < 4.78 is 0. The predicted octanol–water partition coefficient (Wildman–Crippen LogP) is 3.74. The highest BCUT2D eigenvalue weighted by Gasteiger charge is 2.21. The van der Waals surface area contributed by atoms with Gasteiger partial charge in [0.25, 0.3) is 5.56 Å². The fourth-order valence-electron chi connectivity index (χ4n) is 3.19. The van der Waals surface area contributed by atoms with E-state index in [9.17, 15) is 9.59 Å². The molecule has 3 aromatic rings. The maximum absolute atomic E-state index is 12.4. The number of nitrogens with zero attached hydrogens (tertiary/aromatic N) is 1. The van der Waals surface area contributed by atoms with Gasteiger partial charge in [0.1, 0.15) is 10.7 Å². The Kier molecular flexibility index (Phi) is 5.08. The van der Waals surface area contributed by atoms with Crippen molar-refractivity contribution in [3.63, 3.8) is 0 Å². The number of amides is 1. The van der Waals surface area contributed by atoms with Crippen LogP contribution in [0.3, 0.4) is 0 Å². The number of anilines is 1. The fourth-order valence-corrected chi connectivity index (χ4v) is 5.28. The molecule has 134 valence electrons. The van der Waals surface area contributed by atoms with E-state index in [0.29, 0.717) is 23.8 Å². The number of hydrogen-bond acceptors (Lipinski definition) is 5. The zero-order valence-electron chi connectivity index (χ0n) is 14.2. The Hall–Kier alpha value is -2.12. The Morgan fingerprint density at radius 1 is 1.27 bits per heavy atom. The summed E-state index contributed by atoms with van der Waals surface area (Å²) in [4.78, 5) is 34.1. The molecule has 0 saturated carbocycles. The van der Waals surface area contributed by atoms with Crippen LogP contribution in [0.25, 0.3) is 10.2 Å². The smallest absolute Gasteiger partial charge is 0.259 e. The van der Waals surface area contributed by atoms with Crippen molar-refractivity contribution in [1.82, 2.24) is 9.97 Å². The van der Waals surface area contributed by atoms with Crippen molar-refractivity contribution >= 4 is 44.9 Å². The number of rotatable bonds is 6. The Balaban J connectivity index is 1.32. The lowest BCUT2D eigenvalue weighted by molar-refractivity contribution is -0.115. The monoisotopic (exact) mass is 385 g/mol. The van der Waals surface area contributed by atoms with Gasteiger partial charge in [0.2, 0.25) is 5.91 Å². The van der Waals surface area contributed by atoms with Crippen LogP contribution in [0.15, 0.2) is 35.1 Å². The number of carbonyl (C=O) groups excluding carboxylic acids is 1. The molecule has 0 fully saturated rings. The van der Waals surface area contributed by atoms with E-state index in [1.54, 1.807) is 23.1 Å². The van der Waals surface area contributed by atoms with Crippen LogP contribution in [0.1, 0.15) is 29.1 Å². The summed E-state index contributed by atoms with van der Waals surface area (Å²) in [5.41, 5.74) is 1.99. The van der Waals surface area contributed by atoms with E-state index in [1.807, 2.05) is 30.3 Å². The number of nitrogens with one attached hydrogen (secondary N) is 2. The number of H-pyrrole nitrogens is 1. The maximum Gasteiger partial charge on any atom is 0.259 e. The molecule has 5 nitrogen and oxygen atoms in total. The van der Waals surface area contributed by atoms with Crippen molar-refractivity contribution in [3.8, 4) is 0 Å². The standard InChI is InChI=1S/C19H19N3O2S2/c23-16(20-12-5-2-1-3-6-12)9-10-25-11-15-21-18(24)17-13-7-4-8-14(13)26-19(17)22-15/h1-3,5-6H,4,7-11H2,(H,20,23)(H,21,22,24). The minimum absolute atomic E-state index is 0.00436. The van der Waals surface area contributed by atoms with Gasteiger partial charge in [-0.3, -0.25) is 9.59 Å². The average Bonchev–Trinajstić information content (AvgIpc) is 3.20. The molecule has 0 spiro atoms. The number of carbonyl (C=O) groups is 1. The second-order valence-corrected chi connectivity index (χ2v) is 8.46. The van der Waals surface area contributed by atoms with E-state index in [2.05, 4.69) is 15.3 Å². The van der Waals surface area contributed by atoms with Crippen molar-refractivity contribution in [3.05, 3.63) is 57.0 Å². The lowest BCUT2D eigenvalue weighted by Crippen LogP contribution is -2.13. The van der Waals surface area contributed by atoms with Crippen LogP contribution in [-0.4, -0.2) is 21.6 Å². The molecule has 0 aliphatic heterocycles. The summed E-state index contributed by atoms with van der Waals surface area (Å²) >= 11 is 3.26. The molecule has 0 saturated heterocycles. The van der Waals surface area contributed by atoms with E-state index in [0.717, 1.165) is 35.2 Å². The van der Waals surface area contributed by atoms with Crippen molar-refractivity contribution in [1.29, 1.82) is 0 Å². The van der Waals surface area contributed by atoms with Gasteiger partial charge in [-0.25, -0.2) is 4.98 Å². The van der Waals surface area contributed by atoms with Crippen LogP contribution in [0, 0.1) is 0 Å². The van der Waals surface area contributed by atoms with Gasteiger partial charge in [0, 0.05) is 22.7 Å². The zero-order valence-corrected chi connectivity index (χ0v) is 15.8. The van der Waals surface area contributed by atoms with Gasteiger partial charge < -0.3 is 10.3 Å². The van der Waals surface area contributed by atoms with Gasteiger partial charge >= 0.3 is 0 Å². The van der Waals surface area contributed by atoms with Crippen molar-refractivity contribution in [2.45, 2.75) is 31.4 Å². The molecule has 26 heavy (non-hydrogen) atoms. The summed E-state index contributed by atoms with van der Waals surface area (Å²) in [6, 6.07) is 9.44. The van der Waals surface area contributed by atoms with Crippen LogP contribution in [0.2, 0.25) is 0 Å². The topological polar surface area (TPSA) is 74.8 Å². The van der Waals surface area contributed by atoms with Crippen molar-refractivity contribution in [2.24, 2.45) is 0 Å². The summed E-state index contributed by atoms with van der Waals surface area (Å²) in [5, 5.41) is 3.66. The fraction of sp³-hybridized carbons (Fsp3) is 0.316. The van der Waals surface area contributed by atoms with E-state index in [-0.39, 0.29) is 11.5 Å². The van der Waals surface area contributed by atoms with Gasteiger partial charge in [0.15, 0.2) is 0 Å². The number of thioether (sulfide) groups is 1. The van der Waals surface area contributed by atoms with Crippen LogP contribution in [-0.2, 0) is 23.4 Å². The molecule has 7 heteroatoms. The number of hydrogen-bond donors (Lipinski definition) is 2. The number of para-hydroxylation sites is 1. The van der Waals surface area contributed by atoms with Crippen molar-refractivity contribution in [2.75, 3.05) is 11.1 Å². The minimum Gasteiger partial charge on any atom is -0.326 e. The highest BCUT2D eigenvalue weighted by atomic mass is 32.2. The Bertz CT molecular complexity index is 995. The van der Waals surface area contributed by atoms with Crippen LogP contribution in [0.5, 0.6) is 0 Å². The number of benzene rings is 1. The molecule has 4 rings (SSSR count). The summed E-state index contributed by atoms with van der Waals surface area (Å²) in [6.45, 7) is 0. The predicted molar refractivity (Wildman–Crippen MR) is 108 cm³/mol. The zero-order chi connectivity index (χ0) is 17.9. The third-order valence-electron chi connectivity index (χ3n) is 4.39. The highest BCUT2D eigenvalue weighted by Crippen LogP contribution is 2.34. The van der Waals surface area contributed by atoms with Gasteiger partial charge in [-0.05, 0) is 37.0 Å². The minimum atomic E-state index is -0.0215. The van der Waals surface area contributed by atoms with Gasteiger partial charge in [-0.1, -0.05) is 18.2 Å². The van der Waals surface area contributed by atoms with E-state index in [1.165, 1.54) is 10.4 Å². The quantitative estimate of drug-likeness (QED) is 0.634. The maximum atomic E-state index is 12.4. The van der Waals surface area contributed by atoms with Crippen LogP contribution in [0.4, 0.5) is 5.69 Å². The van der Waals surface area contributed by atoms with Crippen LogP contribution >= 0.6 is 23.1 Å². The second kappa shape index (κ2) is 7.63. The van der Waals surface area contributed by atoms with E-state index < -0.39 is 0 Å². The number of thiophene rings is 1. The SMILES string of the molecule is O=C(CCSCc1nc2sc3c(c2c(=O)[nH]1)CCC3)Nc1ccccc1. The van der Waals surface area contributed by atoms with E-state index >= 15 is 0 Å².